The highest BCUT2D eigenvalue weighted by Gasteiger charge is 2.30. The van der Waals surface area contributed by atoms with Gasteiger partial charge in [0, 0.05) is 11.0 Å². The van der Waals surface area contributed by atoms with Crippen LogP contribution in [0.5, 0.6) is 0 Å². The van der Waals surface area contributed by atoms with Crippen molar-refractivity contribution in [3.05, 3.63) is 11.3 Å². The first-order chi connectivity index (χ1) is 7.63. The molecule has 5 nitrogen and oxygen atoms in total. The highest BCUT2D eigenvalue weighted by atomic mass is 79.9. The lowest BCUT2D eigenvalue weighted by Gasteiger charge is -2.27. The number of hydrogen-bond acceptors (Lipinski definition) is 3. The zero-order valence-corrected chi connectivity index (χ0v) is 10.9. The Kier molecular flexibility index (Phi) is 4.79. The Balaban J connectivity index is 3.02. The maximum Gasteiger partial charge on any atom is 0.337 e. The zero-order chi connectivity index (χ0) is 12.1. The molecule has 0 saturated heterocycles. The minimum atomic E-state index is -0.378. The Morgan fingerprint density at radius 3 is 2.69 bits per heavy atom. The van der Waals surface area contributed by atoms with E-state index in [-0.39, 0.29) is 18.0 Å². The lowest BCUT2D eigenvalue weighted by molar-refractivity contribution is -0.139. The molecule has 0 aromatic carbocycles. The molecule has 1 heterocycles. The number of amides is 2. The van der Waals surface area contributed by atoms with Crippen molar-refractivity contribution in [2.45, 2.75) is 26.3 Å². The molecule has 6 heteroatoms. The van der Waals surface area contributed by atoms with Crippen LogP contribution < -0.4 is 10.6 Å². The van der Waals surface area contributed by atoms with E-state index in [1.807, 2.05) is 6.92 Å². The smallest absolute Gasteiger partial charge is 0.337 e. The summed E-state index contributed by atoms with van der Waals surface area (Å²) in [4.78, 5) is 23.0. The van der Waals surface area contributed by atoms with Crippen LogP contribution >= 0.6 is 15.9 Å². The van der Waals surface area contributed by atoms with Crippen molar-refractivity contribution in [2.24, 2.45) is 0 Å². The van der Waals surface area contributed by atoms with Gasteiger partial charge in [-0.05, 0) is 13.3 Å². The van der Waals surface area contributed by atoms with E-state index in [0.717, 1.165) is 0 Å². The lowest BCUT2D eigenvalue weighted by atomic mass is 10.0. The average Bonchev–Trinajstić information content (AvgIpc) is 2.27. The van der Waals surface area contributed by atoms with Crippen LogP contribution in [0.1, 0.15) is 20.3 Å². The van der Waals surface area contributed by atoms with Crippen molar-refractivity contribution in [2.75, 3.05) is 11.9 Å². The zero-order valence-electron chi connectivity index (χ0n) is 9.30. The van der Waals surface area contributed by atoms with Crippen molar-refractivity contribution in [1.82, 2.24) is 10.6 Å². The fourth-order valence-corrected chi connectivity index (χ4v) is 2.01. The number of nitrogens with one attached hydrogen (secondary N) is 2. The van der Waals surface area contributed by atoms with Crippen LogP contribution in [-0.2, 0) is 9.53 Å². The molecule has 1 aliphatic rings. The van der Waals surface area contributed by atoms with Crippen LogP contribution in [0.4, 0.5) is 4.79 Å². The maximum atomic E-state index is 11.8. The summed E-state index contributed by atoms with van der Waals surface area (Å²) in [6.07, 6.45) is 0.651. The quantitative estimate of drug-likeness (QED) is 0.606. The molecular weight excluding hydrogens is 276 g/mol. The second-order valence-electron chi connectivity index (χ2n) is 3.31. The summed E-state index contributed by atoms with van der Waals surface area (Å²) in [6, 6.07) is -0.560. The number of esters is 1. The van der Waals surface area contributed by atoms with Gasteiger partial charge in [-0.3, -0.25) is 0 Å². The Morgan fingerprint density at radius 1 is 1.50 bits per heavy atom. The Bertz CT molecular complexity index is 328. The molecule has 16 heavy (non-hydrogen) atoms. The minimum absolute atomic E-state index is 0.277. The molecule has 1 atom stereocenters. The maximum absolute atomic E-state index is 11.8. The average molecular weight is 291 g/mol. The third-order valence-electron chi connectivity index (χ3n) is 2.28. The van der Waals surface area contributed by atoms with Crippen molar-refractivity contribution in [1.29, 1.82) is 0 Å². The molecule has 2 N–H and O–H groups in total. The number of carbonyl (C=O) groups is 2. The van der Waals surface area contributed by atoms with E-state index in [4.69, 9.17) is 4.74 Å². The molecule has 90 valence electrons. The van der Waals surface area contributed by atoms with Crippen LogP contribution in [0.25, 0.3) is 0 Å². The van der Waals surface area contributed by atoms with Crippen LogP contribution in [0.3, 0.4) is 0 Å². The monoisotopic (exact) mass is 290 g/mol. The summed E-state index contributed by atoms with van der Waals surface area (Å²) in [5.41, 5.74) is 1.08. The van der Waals surface area contributed by atoms with E-state index < -0.39 is 0 Å². The summed E-state index contributed by atoms with van der Waals surface area (Å²) in [5, 5.41) is 5.71. The lowest BCUT2D eigenvalue weighted by Crippen LogP contribution is -2.50. The molecule has 0 fully saturated rings. The summed E-state index contributed by atoms with van der Waals surface area (Å²) in [7, 11) is 0. The van der Waals surface area contributed by atoms with Gasteiger partial charge in [-0.1, -0.05) is 22.9 Å². The van der Waals surface area contributed by atoms with Crippen LogP contribution in [0, 0.1) is 0 Å². The largest absolute Gasteiger partial charge is 0.463 e. The van der Waals surface area contributed by atoms with Gasteiger partial charge in [0.05, 0.1) is 18.2 Å². The summed E-state index contributed by atoms with van der Waals surface area (Å²) in [5.74, 6) is -0.378. The van der Waals surface area contributed by atoms with Gasteiger partial charge < -0.3 is 15.4 Å². The molecule has 1 aliphatic heterocycles. The van der Waals surface area contributed by atoms with Gasteiger partial charge in [-0.25, -0.2) is 9.59 Å². The molecule has 0 unspecified atom stereocenters. The Hall–Kier alpha value is -1.04. The summed E-state index contributed by atoms with van der Waals surface area (Å²) in [6.45, 7) is 3.98. The van der Waals surface area contributed by atoms with Gasteiger partial charge in [0.2, 0.25) is 0 Å². The predicted molar refractivity (Wildman–Crippen MR) is 63.2 cm³/mol. The normalized spacial score (nSPS) is 20.2. The van der Waals surface area contributed by atoms with E-state index in [1.165, 1.54) is 0 Å². The second kappa shape index (κ2) is 5.89. The van der Waals surface area contributed by atoms with Gasteiger partial charge in [0.1, 0.15) is 0 Å². The fraction of sp³-hybridized carbons (Fsp3) is 0.600. The molecule has 0 aromatic heterocycles. The first kappa shape index (κ1) is 13.0. The van der Waals surface area contributed by atoms with Crippen LogP contribution in [0.2, 0.25) is 0 Å². The minimum Gasteiger partial charge on any atom is -0.463 e. The predicted octanol–water partition coefficient (Wildman–Crippen LogP) is 1.29. The number of hydrogen-bond donors (Lipinski definition) is 2. The highest BCUT2D eigenvalue weighted by molar-refractivity contribution is 9.09. The summed E-state index contributed by atoms with van der Waals surface area (Å²) >= 11 is 3.25. The topological polar surface area (TPSA) is 67.4 Å². The van der Waals surface area contributed by atoms with Crippen molar-refractivity contribution in [3.8, 4) is 0 Å². The number of rotatable bonds is 4. The second-order valence-corrected chi connectivity index (χ2v) is 3.87. The number of urea groups is 1. The van der Waals surface area contributed by atoms with E-state index in [1.54, 1.807) is 6.92 Å². The van der Waals surface area contributed by atoms with Gasteiger partial charge in [-0.2, -0.15) is 0 Å². The molecule has 1 rings (SSSR count). The molecule has 0 radical (unpaired) electrons. The fourth-order valence-electron chi connectivity index (χ4n) is 1.57. The molecule has 0 aromatic rings. The van der Waals surface area contributed by atoms with Crippen LogP contribution in [0.15, 0.2) is 11.3 Å². The van der Waals surface area contributed by atoms with Gasteiger partial charge in [-0.15, -0.1) is 0 Å². The molecule has 2 amide bonds. The first-order valence-electron chi connectivity index (χ1n) is 5.17. The van der Waals surface area contributed by atoms with Crippen molar-refractivity contribution in [3.63, 3.8) is 0 Å². The summed E-state index contributed by atoms with van der Waals surface area (Å²) < 4.78 is 4.97. The molecular formula is C10H15BrN2O3. The number of alkyl halides is 1. The third-order valence-corrected chi connectivity index (χ3v) is 2.84. The van der Waals surface area contributed by atoms with Gasteiger partial charge in [0.15, 0.2) is 0 Å². The van der Waals surface area contributed by atoms with Gasteiger partial charge >= 0.3 is 12.0 Å². The highest BCUT2D eigenvalue weighted by Crippen LogP contribution is 2.18. The standard InChI is InChI=1S/C10H15BrN2O3/c1-3-6-8(9(14)16-4-2)7(5-11)13-10(15)12-6/h6H,3-5H2,1-2H3,(H2,12,13,15)/t6-/m1/s1. The first-order valence-corrected chi connectivity index (χ1v) is 6.29. The Morgan fingerprint density at radius 2 is 2.19 bits per heavy atom. The van der Waals surface area contributed by atoms with Crippen molar-refractivity contribution >= 4 is 27.9 Å². The number of ether oxygens (including phenoxy) is 1. The number of halogens is 1. The van der Waals surface area contributed by atoms with E-state index in [9.17, 15) is 9.59 Å². The SMILES string of the molecule is CCOC(=O)C1=C(CBr)NC(=O)N[C@@H]1CC. The van der Waals surface area contributed by atoms with E-state index in [0.29, 0.717) is 29.6 Å². The molecule has 0 spiro atoms. The molecule has 0 aliphatic carbocycles. The number of carbonyl (C=O) groups excluding carboxylic acids is 2. The van der Waals surface area contributed by atoms with Crippen LogP contribution in [-0.4, -0.2) is 30.0 Å². The van der Waals surface area contributed by atoms with Crippen molar-refractivity contribution < 1.29 is 14.3 Å². The number of allylic oxidation sites excluding steroid dienone is 1. The van der Waals surface area contributed by atoms with E-state index >= 15 is 0 Å². The van der Waals surface area contributed by atoms with E-state index in [2.05, 4.69) is 26.6 Å². The third kappa shape index (κ3) is 2.75. The molecule has 0 bridgehead atoms. The molecule has 0 saturated carbocycles. The van der Waals surface area contributed by atoms with Gasteiger partial charge in [0.25, 0.3) is 0 Å². The Labute approximate surface area is 103 Å².